The van der Waals surface area contributed by atoms with Gasteiger partial charge in [0.25, 0.3) is 5.91 Å². The van der Waals surface area contributed by atoms with Crippen LogP contribution in [0, 0.1) is 0 Å². The molecule has 2 aromatic heterocycles. The molecule has 1 amide bonds. The normalized spacial score (nSPS) is 11.4. The summed E-state index contributed by atoms with van der Waals surface area (Å²) in [7, 11) is 0. The van der Waals surface area contributed by atoms with E-state index in [4.69, 9.17) is 11.6 Å². The predicted octanol–water partition coefficient (Wildman–Crippen LogP) is 4.62. The third-order valence-corrected chi connectivity index (χ3v) is 5.71. The van der Waals surface area contributed by atoms with Crippen molar-refractivity contribution in [3.8, 4) is 17.1 Å². The Morgan fingerprint density at radius 1 is 1.03 bits per heavy atom. The number of hydrogen-bond donors (Lipinski definition) is 1. The maximum Gasteiger partial charge on any atom is 0.250 e. The minimum Gasteiger partial charge on any atom is -0.272 e. The molecule has 2 heterocycles. The monoisotopic (exact) mass is 462 g/mol. The van der Waals surface area contributed by atoms with E-state index in [1.165, 1.54) is 11.8 Å². The standard InChI is InChI=1S/C23H19ClN6OS/c1-16(17-11-13-25-14-12-17)26-27-21(31)15-32-23-29-28-22(18-5-3-2-4-6-18)30(23)20-9-7-19(24)8-10-20/h2-14H,15H2,1H3,(H,27,31)/b26-16-. The van der Waals surface area contributed by atoms with Crippen molar-refractivity contribution in [3.05, 3.63) is 89.7 Å². The fourth-order valence-corrected chi connectivity index (χ4v) is 3.80. The number of amides is 1. The fourth-order valence-electron chi connectivity index (χ4n) is 2.93. The van der Waals surface area contributed by atoms with Crippen LogP contribution in [0.15, 0.2) is 89.4 Å². The molecular formula is C23H19ClN6OS. The van der Waals surface area contributed by atoms with Gasteiger partial charge in [-0.3, -0.25) is 14.3 Å². The molecule has 0 aliphatic carbocycles. The number of carbonyl (C=O) groups is 1. The van der Waals surface area contributed by atoms with Gasteiger partial charge in [0.1, 0.15) is 0 Å². The zero-order valence-electron chi connectivity index (χ0n) is 17.1. The van der Waals surface area contributed by atoms with E-state index in [0.717, 1.165) is 16.8 Å². The summed E-state index contributed by atoms with van der Waals surface area (Å²) in [4.78, 5) is 16.4. The summed E-state index contributed by atoms with van der Waals surface area (Å²) >= 11 is 7.34. The van der Waals surface area contributed by atoms with Gasteiger partial charge in [0, 0.05) is 34.2 Å². The smallest absolute Gasteiger partial charge is 0.250 e. The number of carbonyl (C=O) groups excluding carboxylic acids is 1. The molecule has 0 unspecified atom stereocenters. The van der Waals surface area contributed by atoms with Crippen LogP contribution >= 0.6 is 23.4 Å². The van der Waals surface area contributed by atoms with Gasteiger partial charge in [-0.25, -0.2) is 5.43 Å². The van der Waals surface area contributed by atoms with Crippen LogP contribution < -0.4 is 5.43 Å². The highest BCUT2D eigenvalue weighted by molar-refractivity contribution is 7.99. The van der Waals surface area contributed by atoms with Gasteiger partial charge in [0.2, 0.25) is 0 Å². The number of nitrogens with zero attached hydrogens (tertiary/aromatic N) is 5. The Hall–Kier alpha value is -3.49. The summed E-state index contributed by atoms with van der Waals surface area (Å²) in [6, 6.07) is 20.8. The number of thioether (sulfide) groups is 1. The molecule has 0 radical (unpaired) electrons. The van der Waals surface area contributed by atoms with Crippen LogP contribution in [0.1, 0.15) is 12.5 Å². The lowest BCUT2D eigenvalue weighted by Gasteiger charge is -2.10. The Balaban J connectivity index is 1.53. The zero-order valence-corrected chi connectivity index (χ0v) is 18.7. The number of rotatable bonds is 7. The Labute approximate surface area is 194 Å². The van der Waals surface area contributed by atoms with E-state index in [9.17, 15) is 4.79 Å². The van der Waals surface area contributed by atoms with Crippen molar-refractivity contribution >= 4 is 35.0 Å². The van der Waals surface area contributed by atoms with Gasteiger partial charge in [-0.15, -0.1) is 10.2 Å². The average molecular weight is 463 g/mol. The molecule has 160 valence electrons. The van der Waals surface area contributed by atoms with Crippen LogP contribution in [-0.2, 0) is 4.79 Å². The SMILES string of the molecule is C/C(=N/NC(=O)CSc1nnc(-c2ccccc2)n1-c1ccc(Cl)cc1)c1ccncc1. The Kier molecular flexibility index (Phi) is 6.94. The highest BCUT2D eigenvalue weighted by Gasteiger charge is 2.17. The second-order valence-electron chi connectivity index (χ2n) is 6.74. The molecule has 32 heavy (non-hydrogen) atoms. The van der Waals surface area contributed by atoms with Crippen LogP contribution in [0.2, 0.25) is 5.02 Å². The number of halogens is 1. The summed E-state index contributed by atoms with van der Waals surface area (Å²) in [5.41, 5.74) is 5.95. The van der Waals surface area contributed by atoms with Gasteiger partial charge in [-0.05, 0) is 43.3 Å². The molecule has 0 saturated carbocycles. The number of hydrogen-bond acceptors (Lipinski definition) is 6. The maximum atomic E-state index is 12.4. The van der Waals surface area contributed by atoms with Crippen molar-refractivity contribution in [1.29, 1.82) is 0 Å². The van der Waals surface area contributed by atoms with Crippen LogP contribution in [0.3, 0.4) is 0 Å². The van der Waals surface area contributed by atoms with E-state index < -0.39 is 0 Å². The minimum absolute atomic E-state index is 0.133. The predicted molar refractivity (Wildman–Crippen MR) is 127 cm³/mol. The average Bonchev–Trinajstić information content (AvgIpc) is 3.27. The summed E-state index contributed by atoms with van der Waals surface area (Å²) in [5, 5.41) is 14.1. The maximum absolute atomic E-state index is 12.4. The fraction of sp³-hybridized carbons (Fsp3) is 0.0870. The number of benzene rings is 2. The molecule has 9 heteroatoms. The number of nitrogens with one attached hydrogen (secondary N) is 1. The highest BCUT2D eigenvalue weighted by atomic mass is 35.5. The van der Waals surface area contributed by atoms with Crippen LogP contribution in [0.5, 0.6) is 0 Å². The highest BCUT2D eigenvalue weighted by Crippen LogP contribution is 2.28. The molecule has 4 rings (SSSR count). The molecule has 7 nitrogen and oxygen atoms in total. The van der Waals surface area contributed by atoms with Gasteiger partial charge in [0.15, 0.2) is 11.0 Å². The Morgan fingerprint density at radius 2 is 1.75 bits per heavy atom. The molecular weight excluding hydrogens is 444 g/mol. The second-order valence-corrected chi connectivity index (χ2v) is 8.12. The molecule has 0 bridgehead atoms. The van der Waals surface area contributed by atoms with Crippen molar-refractivity contribution in [1.82, 2.24) is 25.2 Å². The molecule has 0 aliphatic rings. The van der Waals surface area contributed by atoms with Gasteiger partial charge < -0.3 is 0 Å². The Bertz CT molecular complexity index is 1230. The molecule has 0 atom stereocenters. The van der Waals surface area contributed by atoms with Gasteiger partial charge in [-0.2, -0.15) is 5.10 Å². The molecule has 0 aliphatic heterocycles. The molecule has 0 spiro atoms. The third-order valence-electron chi connectivity index (χ3n) is 4.53. The summed E-state index contributed by atoms with van der Waals surface area (Å²) < 4.78 is 1.91. The number of hydrazone groups is 1. The minimum atomic E-state index is -0.240. The largest absolute Gasteiger partial charge is 0.272 e. The van der Waals surface area contributed by atoms with E-state index in [-0.39, 0.29) is 11.7 Å². The van der Waals surface area contributed by atoms with Crippen LogP contribution in [0.4, 0.5) is 0 Å². The second kappa shape index (κ2) is 10.2. The number of pyridine rings is 1. The quantitative estimate of drug-likeness (QED) is 0.246. The first-order chi connectivity index (χ1) is 15.6. The van der Waals surface area contributed by atoms with E-state index >= 15 is 0 Å². The molecule has 2 aromatic carbocycles. The van der Waals surface area contributed by atoms with E-state index in [2.05, 4.69) is 25.7 Å². The lowest BCUT2D eigenvalue weighted by atomic mass is 10.2. The molecule has 0 saturated heterocycles. The molecule has 0 fully saturated rings. The van der Waals surface area contributed by atoms with Crippen molar-refractivity contribution in [2.24, 2.45) is 5.10 Å². The number of aromatic nitrogens is 4. The first kappa shape index (κ1) is 21.7. The lowest BCUT2D eigenvalue weighted by Crippen LogP contribution is -2.21. The van der Waals surface area contributed by atoms with Gasteiger partial charge >= 0.3 is 0 Å². The van der Waals surface area contributed by atoms with E-state index in [1.54, 1.807) is 12.4 Å². The van der Waals surface area contributed by atoms with E-state index in [0.29, 0.717) is 21.7 Å². The van der Waals surface area contributed by atoms with Crippen LogP contribution in [0.25, 0.3) is 17.1 Å². The van der Waals surface area contributed by atoms with E-state index in [1.807, 2.05) is 78.2 Å². The van der Waals surface area contributed by atoms with Crippen molar-refractivity contribution in [2.45, 2.75) is 12.1 Å². The van der Waals surface area contributed by atoms with Crippen molar-refractivity contribution in [2.75, 3.05) is 5.75 Å². The summed E-state index contributed by atoms with van der Waals surface area (Å²) in [6.07, 6.45) is 3.36. The van der Waals surface area contributed by atoms with Crippen LogP contribution in [-0.4, -0.2) is 37.1 Å². The lowest BCUT2D eigenvalue weighted by molar-refractivity contribution is -0.118. The first-order valence-electron chi connectivity index (χ1n) is 9.75. The summed E-state index contributed by atoms with van der Waals surface area (Å²) in [6.45, 7) is 1.83. The van der Waals surface area contributed by atoms with Crippen molar-refractivity contribution in [3.63, 3.8) is 0 Å². The van der Waals surface area contributed by atoms with Crippen molar-refractivity contribution < 1.29 is 4.79 Å². The first-order valence-corrected chi connectivity index (χ1v) is 11.1. The summed E-state index contributed by atoms with van der Waals surface area (Å²) in [5.74, 6) is 0.575. The zero-order chi connectivity index (χ0) is 22.3. The molecule has 4 aromatic rings. The third kappa shape index (κ3) is 5.22. The van der Waals surface area contributed by atoms with Gasteiger partial charge in [0.05, 0.1) is 11.5 Å². The van der Waals surface area contributed by atoms with Gasteiger partial charge in [-0.1, -0.05) is 53.7 Å². The Morgan fingerprint density at radius 3 is 2.47 bits per heavy atom. The molecule has 1 N–H and O–H groups in total. The topological polar surface area (TPSA) is 85.1 Å².